The monoisotopic (exact) mass is 256 g/mol. The van der Waals surface area contributed by atoms with Crippen molar-refractivity contribution in [3.05, 3.63) is 34.3 Å². The van der Waals surface area contributed by atoms with Gasteiger partial charge in [-0.2, -0.15) is 0 Å². The molecule has 0 aliphatic rings. The van der Waals surface area contributed by atoms with E-state index >= 15 is 0 Å². The van der Waals surface area contributed by atoms with E-state index in [0.29, 0.717) is 5.69 Å². The van der Waals surface area contributed by atoms with Crippen LogP contribution in [-0.4, -0.2) is 11.1 Å². The molecular weight excluding hydrogens is 248 g/mol. The van der Waals surface area contributed by atoms with Gasteiger partial charge in [-0.3, -0.25) is 5.84 Å². The Morgan fingerprint density at radius 2 is 2.29 bits per heavy atom. The predicted octanol–water partition coefficient (Wildman–Crippen LogP) is 1.83. The van der Waals surface area contributed by atoms with Crippen LogP contribution in [0, 0.1) is 0 Å². The number of hydrogen-bond acceptors (Lipinski definition) is 3. The minimum absolute atomic E-state index is 0.706. The van der Waals surface area contributed by atoms with Gasteiger partial charge in [0.05, 0.1) is 5.69 Å². The summed E-state index contributed by atoms with van der Waals surface area (Å²) in [6.45, 7) is 0. The van der Waals surface area contributed by atoms with Crippen molar-refractivity contribution in [2.45, 2.75) is 0 Å². The Labute approximate surface area is 89.5 Å². The first-order valence-corrected chi connectivity index (χ1v) is 4.60. The molecule has 14 heavy (non-hydrogen) atoms. The molecule has 0 atom stereocenters. The average molecular weight is 257 g/mol. The zero-order valence-electron chi connectivity index (χ0n) is 7.20. The van der Waals surface area contributed by atoms with Crippen LogP contribution in [0.5, 0.6) is 0 Å². The topological polar surface area (TPSA) is 75.3 Å². The lowest BCUT2D eigenvalue weighted by molar-refractivity contribution is -0.131. The summed E-state index contributed by atoms with van der Waals surface area (Å²) in [5, 5.41) is 8.45. The van der Waals surface area contributed by atoms with Gasteiger partial charge in [0.25, 0.3) is 0 Å². The lowest BCUT2D eigenvalue weighted by atomic mass is 10.2. The largest absolute Gasteiger partial charge is 0.478 e. The summed E-state index contributed by atoms with van der Waals surface area (Å²) in [5.41, 5.74) is 3.95. The van der Waals surface area contributed by atoms with Crippen molar-refractivity contribution in [3.8, 4) is 0 Å². The number of nitrogen functional groups attached to an aromatic ring is 1. The number of aliphatic carboxylic acids is 1. The van der Waals surface area contributed by atoms with Crippen molar-refractivity contribution < 1.29 is 9.90 Å². The predicted molar refractivity (Wildman–Crippen MR) is 58.6 cm³/mol. The van der Waals surface area contributed by atoms with E-state index in [4.69, 9.17) is 10.9 Å². The van der Waals surface area contributed by atoms with Gasteiger partial charge < -0.3 is 10.5 Å². The van der Waals surface area contributed by atoms with E-state index < -0.39 is 5.97 Å². The number of halogens is 1. The van der Waals surface area contributed by atoms with E-state index in [1.54, 1.807) is 18.2 Å². The smallest absolute Gasteiger partial charge is 0.328 e. The third kappa shape index (κ3) is 2.58. The molecule has 1 rings (SSSR count). The van der Waals surface area contributed by atoms with E-state index in [0.717, 1.165) is 16.1 Å². The number of hydrogen-bond donors (Lipinski definition) is 3. The van der Waals surface area contributed by atoms with Gasteiger partial charge in [0.15, 0.2) is 0 Å². The van der Waals surface area contributed by atoms with Gasteiger partial charge in [-0.15, -0.1) is 0 Å². The van der Waals surface area contributed by atoms with Crippen molar-refractivity contribution in [3.63, 3.8) is 0 Å². The summed E-state index contributed by atoms with van der Waals surface area (Å²) in [7, 11) is 0. The fourth-order valence-electron chi connectivity index (χ4n) is 0.951. The molecule has 0 spiro atoms. The first kappa shape index (κ1) is 10.7. The standard InChI is InChI=1S/C9H9BrN2O2/c10-9-6(4-5-8(13)14)2-1-3-7(9)12-11/h1-5,12H,11H2,(H,13,14)/b5-4+. The molecule has 5 heteroatoms. The van der Waals surface area contributed by atoms with Gasteiger partial charge >= 0.3 is 5.97 Å². The molecule has 0 amide bonds. The van der Waals surface area contributed by atoms with E-state index in [1.807, 2.05) is 0 Å². The lowest BCUT2D eigenvalue weighted by Gasteiger charge is -2.05. The normalized spacial score (nSPS) is 10.4. The number of carboxylic acid groups (broad SMARTS) is 1. The molecule has 4 nitrogen and oxygen atoms in total. The second kappa shape index (κ2) is 4.78. The molecule has 0 saturated heterocycles. The number of rotatable bonds is 3. The zero-order valence-corrected chi connectivity index (χ0v) is 8.78. The highest BCUT2D eigenvalue weighted by Crippen LogP contribution is 2.26. The molecule has 0 radical (unpaired) electrons. The Bertz CT molecular complexity index is 377. The maximum absolute atomic E-state index is 10.3. The van der Waals surface area contributed by atoms with E-state index in [2.05, 4.69) is 21.4 Å². The molecule has 1 aromatic rings. The van der Waals surface area contributed by atoms with Gasteiger partial charge in [0, 0.05) is 10.5 Å². The highest BCUT2D eigenvalue weighted by Gasteiger charge is 2.01. The first-order chi connectivity index (χ1) is 6.65. The number of nitrogens with one attached hydrogen (secondary N) is 1. The summed E-state index contributed by atoms with van der Waals surface area (Å²) >= 11 is 3.30. The lowest BCUT2D eigenvalue weighted by Crippen LogP contribution is -2.07. The number of nitrogens with two attached hydrogens (primary N) is 1. The third-order valence-electron chi connectivity index (χ3n) is 1.59. The Hall–Kier alpha value is -1.33. The van der Waals surface area contributed by atoms with Crippen LogP contribution < -0.4 is 11.3 Å². The fourth-order valence-corrected chi connectivity index (χ4v) is 1.46. The summed E-state index contributed by atoms with van der Waals surface area (Å²) in [6, 6.07) is 5.34. The van der Waals surface area contributed by atoms with Gasteiger partial charge in [0.1, 0.15) is 0 Å². The number of anilines is 1. The zero-order chi connectivity index (χ0) is 10.6. The molecule has 0 aliphatic heterocycles. The summed E-state index contributed by atoms with van der Waals surface area (Å²) in [6.07, 6.45) is 2.56. The molecule has 4 N–H and O–H groups in total. The minimum atomic E-state index is -0.983. The molecule has 0 aromatic heterocycles. The fraction of sp³-hybridized carbons (Fsp3) is 0. The molecule has 1 aromatic carbocycles. The molecule has 0 heterocycles. The van der Waals surface area contributed by atoms with Gasteiger partial charge in [0.2, 0.25) is 0 Å². The molecule has 74 valence electrons. The van der Waals surface area contributed by atoms with Crippen LogP contribution in [0.25, 0.3) is 6.08 Å². The molecule has 0 aliphatic carbocycles. The second-order valence-electron chi connectivity index (χ2n) is 2.52. The van der Waals surface area contributed by atoms with Crippen molar-refractivity contribution in [1.29, 1.82) is 0 Å². The highest BCUT2D eigenvalue weighted by molar-refractivity contribution is 9.10. The summed E-state index contributed by atoms with van der Waals surface area (Å²) in [5.74, 6) is 4.27. The maximum atomic E-state index is 10.3. The second-order valence-corrected chi connectivity index (χ2v) is 3.32. The van der Waals surface area contributed by atoms with E-state index in [1.165, 1.54) is 6.08 Å². The van der Waals surface area contributed by atoms with Gasteiger partial charge in [-0.25, -0.2) is 4.79 Å². The summed E-state index contributed by atoms with van der Waals surface area (Å²) < 4.78 is 0.736. The van der Waals surface area contributed by atoms with Crippen LogP contribution in [0.15, 0.2) is 28.7 Å². The first-order valence-electron chi connectivity index (χ1n) is 3.81. The minimum Gasteiger partial charge on any atom is -0.478 e. The Morgan fingerprint density at radius 3 is 2.86 bits per heavy atom. The maximum Gasteiger partial charge on any atom is 0.328 e. The molecule has 0 unspecified atom stereocenters. The van der Waals surface area contributed by atoms with Crippen molar-refractivity contribution in [2.75, 3.05) is 5.43 Å². The number of carboxylic acids is 1. The van der Waals surface area contributed by atoms with Crippen molar-refractivity contribution >= 4 is 33.7 Å². The SMILES string of the molecule is NNc1cccc(/C=C/C(=O)O)c1Br. The number of benzene rings is 1. The Morgan fingerprint density at radius 1 is 1.57 bits per heavy atom. The van der Waals surface area contributed by atoms with Crippen LogP contribution in [-0.2, 0) is 4.79 Å². The summed E-state index contributed by atoms with van der Waals surface area (Å²) in [4.78, 5) is 10.3. The molecule has 0 bridgehead atoms. The van der Waals surface area contributed by atoms with Crippen LogP contribution in [0.2, 0.25) is 0 Å². The van der Waals surface area contributed by atoms with Crippen LogP contribution in [0.1, 0.15) is 5.56 Å². The average Bonchev–Trinajstić information content (AvgIpc) is 2.16. The molecule has 0 fully saturated rings. The number of carbonyl (C=O) groups is 1. The van der Waals surface area contributed by atoms with Crippen LogP contribution >= 0.6 is 15.9 Å². The molecule has 0 saturated carbocycles. The highest BCUT2D eigenvalue weighted by atomic mass is 79.9. The van der Waals surface area contributed by atoms with Crippen molar-refractivity contribution in [1.82, 2.24) is 0 Å². The Kier molecular flexibility index (Phi) is 3.67. The van der Waals surface area contributed by atoms with Crippen molar-refractivity contribution in [2.24, 2.45) is 5.84 Å². The quantitative estimate of drug-likeness (QED) is 0.438. The van der Waals surface area contributed by atoms with Crippen LogP contribution in [0.4, 0.5) is 5.69 Å². The Balaban J connectivity index is 3.03. The van der Waals surface area contributed by atoms with Gasteiger partial charge in [-0.1, -0.05) is 12.1 Å². The van der Waals surface area contributed by atoms with Gasteiger partial charge in [-0.05, 0) is 33.6 Å². The van der Waals surface area contributed by atoms with E-state index in [-0.39, 0.29) is 0 Å². The van der Waals surface area contributed by atoms with Crippen LogP contribution in [0.3, 0.4) is 0 Å². The third-order valence-corrected chi connectivity index (χ3v) is 2.47. The number of hydrazine groups is 1. The van der Waals surface area contributed by atoms with E-state index in [9.17, 15) is 4.79 Å². The molecular formula is C9H9BrN2O2.